The topological polar surface area (TPSA) is 84.5 Å². The highest BCUT2D eigenvalue weighted by atomic mass is 16.5. The van der Waals surface area contributed by atoms with Crippen molar-refractivity contribution in [2.45, 2.75) is 70.4 Å². The van der Waals surface area contributed by atoms with Gasteiger partial charge in [-0.15, -0.1) is 0 Å². The summed E-state index contributed by atoms with van der Waals surface area (Å²) in [5.41, 5.74) is 3.54. The summed E-state index contributed by atoms with van der Waals surface area (Å²) >= 11 is 0. The predicted octanol–water partition coefficient (Wildman–Crippen LogP) is 2.42. The van der Waals surface area contributed by atoms with E-state index < -0.39 is 24.0 Å². The number of benzene rings is 1. The lowest BCUT2D eigenvalue weighted by Crippen LogP contribution is -2.47. The zero-order valence-electron chi connectivity index (χ0n) is 15.2. The molecule has 2 N–H and O–H groups in total. The molecule has 1 aromatic carbocycles. The SMILES string of the molecule is C[C@H](OC(=O)Cc1ccc2c(c1)CCC2)C(=O)NC(=O)NC1CCCC1. The number of fused-ring (bicyclic) bond motifs is 1. The second kappa shape index (κ2) is 8.34. The lowest BCUT2D eigenvalue weighted by atomic mass is 10.0. The minimum atomic E-state index is -1.01. The van der Waals surface area contributed by atoms with Crippen LogP contribution in [-0.2, 0) is 33.6 Å². The highest BCUT2D eigenvalue weighted by molar-refractivity contribution is 5.97. The molecule has 0 bridgehead atoms. The summed E-state index contributed by atoms with van der Waals surface area (Å²) in [6.07, 6.45) is 6.48. The van der Waals surface area contributed by atoms with Gasteiger partial charge in [-0.05, 0) is 55.7 Å². The third kappa shape index (κ3) is 4.84. The minimum absolute atomic E-state index is 0.124. The molecule has 26 heavy (non-hydrogen) atoms. The van der Waals surface area contributed by atoms with Crippen LogP contribution >= 0.6 is 0 Å². The van der Waals surface area contributed by atoms with Crippen molar-refractivity contribution in [3.05, 3.63) is 34.9 Å². The zero-order valence-corrected chi connectivity index (χ0v) is 15.2. The summed E-state index contributed by atoms with van der Waals surface area (Å²) in [5, 5.41) is 5.01. The number of amides is 3. The molecule has 0 unspecified atom stereocenters. The van der Waals surface area contributed by atoms with Crippen molar-refractivity contribution in [2.24, 2.45) is 0 Å². The summed E-state index contributed by atoms with van der Waals surface area (Å²) < 4.78 is 5.18. The summed E-state index contributed by atoms with van der Waals surface area (Å²) in [4.78, 5) is 35.9. The number of hydrogen-bond acceptors (Lipinski definition) is 4. The molecule has 1 saturated carbocycles. The molecule has 0 radical (unpaired) electrons. The molecule has 0 heterocycles. The second-order valence-corrected chi connectivity index (χ2v) is 7.21. The van der Waals surface area contributed by atoms with E-state index in [-0.39, 0.29) is 12.5 Å². The van der Waals surface area contributed by atoms with Gasteiger partial charge in [0.25, 0.3) is 5.91 Å². The lowest BCUT2D eigenvalue weighted by molar-refractivity contribution is -0.153. The van der Waals surface area contributed by atoms with Gasteiger partial charge in [0.15, 0.2) is 6.10 Å². The number of imide groups is 1. The van der Waals surface area contributed by atoms with Crippen molar-refractivity contribution in [1.29, 1.82) is 0 Å². The Labute approximate surface area is 153 Å². The maximum atomic E-state index is 12.1. The van der Waals surface area contributed by atoms with Crippen LogP contribution in [0.2, 0.25) is 0 Å². The highest BCUT2D eigenvalue weighted by Gasteiger charge is 2.23. The molecule has 2 aliphatic rings. The molecule has 3 rings (SSSR count). The molecule has 0 aliphatic heterocycles. The van der Waals surface area contributed by atoms with Gasteiger partial charge in [-0.25, -0.2) is 4.79 Å². The van der Waals surface area contributed by atoms with E-state index >= 15 is 0 Å². The molecule has 0 aromatic heterocycles. The van der Waals surface area contributed by atoms with Crippen LogP contribution in [0.4, 0.5) is 4.79 Å². The van der Waals surface area contributed by atoms with Crippen LogP contribution < -0.4 is 10.6 Å². The first kappa shape index (κ1) is 18.4. The maximum absolute atomic E-state index is 12.1. The smallest absolute Gasteiger partial charge is 0.321 e. The molecule has 1 atom stereocenters. The van der Waals surface area contributed by atoms with E-state index in [1.807, 2.05) is 12.1 Å². The summed E-state index contributed by atoms with van der Waals surface area (Å²) in [7, 11) is 0. The number of hydrogen-bond donors (Lipinski definition) is 2. The molecule has 0 spiro atoms. The summed E-state index contributed by atoms with van der Waals surface area (Å²) in [6.45, 7) is 1.47. The molecule has 1 aromatic rings. The average molecular weight is 358 g/mol. The van der Waals surface area contributed by atoms with E-state index in [9.17, 15) is 14.4 Å². The van der Waals surface area contributed by atoms with Gasteiger partial charge >= 0.3 is 12.0 Å². The average Bonchev–Trinajstić information content (AvgIpc) is 3.25. The second-order valence-electron chi connectivity index (χ2n) is 7.21. The van der Waals surface area contributed by atoms with E-state index in [1.54, 1.807) is 0 Å². The Hall–Kier alpha value is -2.37. The van der Waals surface area contributed by atoms with Crippen LogP contribution in [0, 0.1) is 0 Å². The first-order valence-corrected chi connectivity index (χ1v) is 9.43. The molecule has 140 valence electrons. The zero-order chi connectivity index (χ0) is 18.5. The fourth-order valence-corrected chi connectivity index (χ4v) is 3.70. The van der Waals surface area contributed by atoms with Gasteiger partial charge in [0.2, 0.25) is 0 Å². The van der Waals surface area contributed by atoms with E-state index in [2.05, 4.69) is 16.7 Å². The summed E-state index contributed by atoms with van der Waals surface area (Å²) in [6, 6.07) is 5.65. The first-order chi connectivity index (χ1) is 12.5. The van der Waals surface area contributed by atoms with Crippen molar-refractivity contribution in [2.75, 3.05) is 0 Å². The fourth-order valence-electron chi connectivity index (χ4n) is 3.70. The first-order valence-electron chi connectivity index (χ1n) is 9.43. The van der Waals surface area contributed by atoms with Crippen LogP contribution in [0.1, 0.15) is 55.7 Å². The Morgan fingerprint density at radius 3 is 2.62 bits per heavy atom. The number of aryl methyl sites for hydroxylation is 2. The van der Waals surface area contributed by atoms with Crippen molar-refractivity contribution < 1.29 is 19.1 Å². The van der Waals surface area contributed by atoms with Gasteiger partial charge in [-0.1, -0.05) is 31.0 Å². The normalized spacial score (nSPS) is 17.4. The number of carbonyl (C=O) groups is 3. The van der Waals surface area contributed by atoms with Crippen LogP contribution in [0.25, 0.3) is 0 Å². The van der Waals surface area contributed by atoms with E-state index in [0.29, 0.717) is 0 Å². The summed E-state index contributed by atoms with van der Waals surface area (Å²) in [5.74, 6) is -1.08. The van der Waals surface area contributed by atoms with Crippen molar-refractivity contribution in [1.82, 2.24) is 10.6 Å². The predicted molar refractivity (Wildman–Crippen MR) is 96.7 cm³/mol. The fraction of sp³-hybridized carbons (Fsp3) is 0.550. The molecule has 2 aliphatic carbocycles. The highest BCUT2D eigenvalue weighted by Crippen LogP contribution is 2.23. The lowest BCUT2D eigenvalue weighted by Gasteiger charge is -2.15. The van der Waals surface area contributed by atoms with E-state index in [4.69, 9.17) is 4.74 Å². The Kier molecular flexibility index (Phi) is 5.91. The molecule has 6 heteroatoms. The quantitative estimate of drug-likeness (QED) is 0.792. The monoisotopic (exact) mass is 358 g/mol. The van der Waals surface area contributed by atoms with Gasteiger partial charge < -0.3 is 10.1 Å². The molecule has 6 nitrogen and oxygen atoms in total. The number of esters is 1. The van der Waals surface area contributed by atoms with Gasteiger partial charge in [0.1, 0.15) is 0 Å². The maximum Gasteiger partial charge on any atom is 0.321 e. The molecular weight excluding hydrogens is 332 g/mol. The van der Waals surface area contributed by atoms with Crippen molar-refractivity contribution in [3.63, 3.8) is 0 Å². The van der Waals surface area contributed by atoms with E-state index in [0.717, 1.165) is 50.5 Å². The standard InChI is InChI=1S/C20H26N2O4/c1-13(19(24)22-20(25)21-17-7-2-3-8-17)26-18(23)12-14-9-10-15-5-4-6-16(15)11-14/h9-11,13,17H,2-8,12H2,1H3,(H2,21,22,24,25)/t13-/m0/s1. The Morgan fingerprint density at radius 1 is 1.12 bits per heavy atom. The Balaban J connectivity index is 1.44. The van der Waals surface area contributed by atoms with Crippen molar-refractivity contribution in [3.8, 4) is 0 Å². The van der Waals surface area contributed by atoms with Crippen LogP contribution in [0.3, 0.4) is 0 Å². The number of rotatable bonds is 5. The molecular formula is C20H26N2O4. The van der Waals surface area contributed by atoms with Crippen LogP contribution in [0.5, 0.6) is 0 Å². The van der Waals surface area contributed by atoms with Gasteiger partial charge in [-0.3, -0.25) is 14.9 Å². The molecule has 0 saturated heterocycles. The number of urea groups is 1. The number of ether oxygens (including phenoxy) is 1. The van der Waals surface area contributed by atoms with E-state index in [1.165, 1.54) is 18.1 Å². The van der Waals surface area contributed by atoms with Crippen LogP contribution in [-0.4, -0.2) is 30.1 Å². The number of carbonyl (C=O) groups excluding carboxylic acids is 3. The largest absolute Gasteiger partial charge is 0.452 e. The van der Waals surface area contributed by atoms with Crippen LogP contribution in [0.15, 0.2) is 18.2 Å². The Bertz CT molecular complexity index is 695. The van der Waals surface area contributed by atoms with Gasteiger partial charge in [0, 0.05) is 6.04 Å². The minimum Gasteiger partial charge on any atom is -0.452 e. The molecule has 3 amide bonds. The molecule has 1 fully saturated rings. The Morgan fingerprint density at radius 2 is 1.85 bits per heavy atom. The van der Waals surface area contributed by atoms with Crippen molar-refractivity contribution >= 4 is 17.9 Å². The third-order valence-electron chi connectivity index (χ3n) is 5.12. The number of nitrogens with one attached hydrogen (secondary N) is 2. The van der Waals surface area contributed by atoms with Gasteiger partial charge in [-0.2, -0.15) is 0 Å². The van der Waals surface area contributed by atoms with Gasteiger partial charge in [0.05, 0.1) is 6.42 Å². The third-order valence-corrected chi connectivity index (χ3v) is 5.12.